The van der Waals surface area contributed by atoms with Crippen molar-refractivity contribution in [2.24, 2.45) is 0 Å². The van der Waals surface area contributed by atoms with Gasteiger partial charge in [-0.15, -0.1) is 0 Å². The first-order valence-corrected chi connectivity index (χ1v) is 11.5. The summed E-state index contributed by atoms with van der Waals surface area (Å²) in [6.45, 7) is 13.5. The molecule has 0 rings (SSSR count). The summed E-state index contributed by atoms with van der Waals surface area (Å²) in [5.41, 5.74) is 4.42. The predicted octanol–water partition coefficient (Wildman–Crippen LogP) is 7.83. The summed E-state index contributed by atoms with van der Waals surface area (Å²) in [6.07, 6.45) is 30.6. The molecular formula is C31H42O3. The summed E-state index contributed by atoms with van der Waals surface area (Å²) in [7, 11) is 1.38. The Kier molecular flexibility index (Phi) is 15.7. The Bertz CT molecular complexity index is 947. The zero-order chi connectivity index (χ0) is 26.0. The molecule has 0 radical (unpaired) electrons. The summed E-state index contributed by atoms with van der Waals surface area (Å²) >= 11 is 0. The van der Waals surface area contributed by atoms with Gasteiger partial charge >= 0.3 is 5.97 Å². The van der Waals surface area contributed by atoms with Gasteiger partial charge in [0.15, 0.2) is 0 Å². The Hall–Kier alpha value is -3.17. The largest absolute Gasteiger partial charge is 0.466 e. The molecule has 0 bridgehead atoms. The molecule has 3 nitrogen and oxygen atoms in total. The van der Waals surface area contributed by atoms with Gasteiger partial charge in [0, 0.05) is 5.57 Å². The average Bonchev–Trinajstić information content (AvgIpc) is 2.75. The van der Waals surface area contributed by atoms with Gasteiger partial charge < -0.3 is 9.84 Å². The molecule has 0 aromatic rings. The van der Waals surface area contributed by atoms with Crippen LogP contribution in [0, 0.1) is 0 Å². The van der Waals surface area contributed by atoms with Gasteiger partial charge in [0.1, 0.15) is 0 Å². The Morgan fingerprint density at radius 2 is 1.06 bits per heavy atom. The van der Waals surface area contributed by atoms with E-state index < -0.39 is 5.60 Å². The van der Waals surface area contributed by atoms with Crippen molar-refractivity contribution >= 4 is 5.97 Å². The highest BCUT2D eigenvalue weighted by molar-refractivity contribution is 5.87. The van der Waals surface area contributed by atoms with E-state index in [0.717, 1.165) is 22.3 Å². The third-order valence-electron chi connectivity index (χ3n) is 4.48. The first-order valence-electron chi connectivity index (χ1n) is 11.5. The minimum Gasteiger partial charge on any atom is -0.466 e. The van der Waals surface area contributed by atoms with Gasteiger partial charge in [-0.25, -0.2) is 4.79 Å². The molecule has 184 valence electrons. The second kappa shape index (κ2) is 17.3. The maximum Gasteiger partial charge on any atom is 0.333 e. The quantitative estimate of drug-likeness (QED) is 0.183. The number of carbonyl (C=O) groups excluding carboxylic acids is 1. The summed E-state index contributed by atoms with van der Waals surface area (Å²) in [4.78, 5) is 11.3. The van der Waals surface area contributed by atoms with E-state index in [4.69, 9.17) is 0 Å². The lowest BCUT2D eigenvalue weighted by Gasteiger charge is -2.13. The number of ether oxygens (including phenoxy) is 1. The van der Waals surface area contributed by atoms with Crippen LogP contribution in [-0.4, -0.2) is 23.8 Å². The van der Waals surface area contributed by atoms with Crippen LogP contribution in [0.1, 0.15) is 54.9 Å². The van der Waals surface area contributed by atoms with E-state index in [1.807, 2.05) is 74.6 Å². The molecular weight excluding hydrogens is 420 g/mol. The highest BCUT2D eigenvalue weighted by Gasteiger charge is 2.08. The Balaban J connectivity index is 4.73. The lowest BCUT2D eigenvalue weighted by Crippen LogP contribution is -2.16. The fourth-order valence-corrected chi connectivity index (χ4v) is 2.45. The first kappa shape index (κ1) is 30.8. The van der Waals surface area contributed by atoms with E-state index in [9.17, 15) is 9.90 Å². The summed E-state index contributed by atoms with van der Waals surface area (Å²) < 4.78 is 4.66. The van der Waals surface area contributed by atoms with Gasteiger partial charge in [-0.1, -0.05) is 113 Å². The third kappa shape index (κ3) is 18.4. The molecule has 0 fully saturated rings. The van der Waals surface area contributed by atoms with Crippen molar-refractivity contribution in [1.82, 2.24) is 0 Å². The molecule has 0 aromatic carbocycles. The van der Waals surface area contributed by atoms with Crippen LogP contribution in [0.15, 0.2) is 119 Å². The van der Waals surface area contributed by atoms with Gasteiger partial charge in [-0.05, 0) is 54.9 Å². The summed E-state index contributed by atoms with van der Waals surface area (Å²) in [5.74, 6) is -0.319. The number of hydrogen-bond donors (Lipinski definition) is 1. The molecule has 0 amide bonds. The lowest BCUT2D eigenvalue weighted by molar-refractivity contribution is -0.136. The van der Waals surface area contributed by atoms with Gasteiger partial charge in [0.2, 0.25) is 0 Å². The molecule has 34 heavy (non-hydrogen) atoms. The number of methoxy groups -OCH3 is 1. The minimum absolute atomic E-state index is 0.319. The van der Waals surface area contributed by atoms with Crippen LogP contribution >= 0.6 is 0 Å². The number of rotatable bonds is 12. The van der Waals surface area contributed by atoms with E-state index in [-0.39, 0.29) is 5.97 Å². The van der Waals surface area contributed by atoms with Crippen LogP contribution in [0.2, 0.25) is 0 Å². The van der Waals surface area contributed by atoms with Crippen molar-refractivity contribution in [3.63, 3.8) is 0 Å². The molecule has 0 spiro atoms. The van der Waals surface area contributed by atoms with Crippen LogP contribution in [0.3, 0.4) is 0 Å². The Morgan fingerprint density at radius 3 is 1.47 bits per heavy atom. The zero-order valence-electron chi connectivity index (χ0n) is 22.1. The first-order chi connectivity index (χ1) is 15.9. The molecule has 0 saturated heterocycles. The van der Waals surface area contributed by atoms with Crippen molar-refractivity contribution in [1.29, 1.82) is 0 Å². The number of hydrogen-bond acceptors (Lipinski definition) is 3. The molecule has 3 heteroatoms. The van der Waals surface area contributed by atoms with Gasteiger partial charge in [-0.3, -0.25) is 0 Å². The van der Waals surface area contributed by atoms with Crippen molar-refractivity contribution < 1.29 is 14.6 Å². The van der Waals surface area contributed by atoms with Gasteiger partial charge in [0.05, 0.1) is 12.7 Å². The summed E-state index contributed by atoms with van der Waals surface area (Å²) in [5, 5.41) is 9.72. The zero-order valence-corrected chi connectivity index (χ0v) is 22.1. The molecule has 0 atom stereocenters. The van der Waals surface area contributed by atoms with E-state index in [1.54, 1.807) is 26.8 Å². The van der Waals surface area contributed by atoms with Crippen molar-refractivity contribution in [2.45, 2.75) is 60.5 Å². The van der Waals surface area contributed by atoms with Crippen molar-refractivity contribution in [2.75, 3.05) is 7.11 Å². The molecule has 0 heterocycles. The summed E-state index contributed by atoms with van der Waals surface area (Å²) in [6, 6.07) is 0. The molecule has 0 saturated carbocycles. The van der Waals surface area contributed by atoms with Gasteiger partial charge in [-0.2, -0.15) is 0 Å². The minimum atomic E-state index is -0.668. The van der Waals surface area contributed by atoms with Crippen LogP contribution in [0.4, 0.5) is 0 Å². The highest BCUT2D eigenvalue weighted by atomic mass is 16.5. The molecule has 0 aromatic heterocycles. The monoisotopic (exact) mass is 462 g/mol. The smallest absolute Gasteiger partial charge is 0.333 e. The molecule has 0 unspecified atom stereocenters. The van der Waals surface area contributed by atoms with E-state index in [2.05, 4.69) is 42.9 Å². The molecule has 1 N–H and O–H groups in total. The lowest BCUT2D eigenvalue weighted by atomic mass is 10.0. The number of esters is 1. The second-order valence-corrected chi connectivity index (χ2v) is 8.87. The second-order valence-electron chi connectivity index (χ2n) is 8.87. The van der Waals surface area contributed by atoms with E-state index in [1.165, 1.54) is 7.11 Å². The maximum atomic E-state index is 11.3. The third-order valence-corrected chi connectivity index (χ3v) is 4.48. The SMILES string of the molecule is COC(=O)/C(C)=C/C=C/C(C)=C/C=C/C(C)=C/C=C/C=C(C)/C=C/C=C(C)/C=C/CC(C)(C)O. The van der Waals surface area contributed by atoms with Crippen LogP contribution in [-0.2, 0) is 9.53 Å². The predicted molar refractivity (Wildman–Crippen MR) is 147 cm³/mol. The topological polar surface area (TPSA) is 46.5 Å². The van der Waals surface area contributed by atoms with Gasteiger partial charge in [0.25, 0.3) is 0 Å². The molecule has 0 aliphatic heterocycles. The number of allylic oxidation sites excluding steroid dienone is 18. The van der Waals surface area contributed by atoms with Crippen LogP contribution in [0.25, 0.3) is 0 Å². The van der Waals surface area contributed by atoms with E-state index >= 15 is 0 Å². The Labute approximate surface area is 207 Å². The number of carbonyl (C=O) groups is 1. The molecule has 0 aliphatic carbocycles. The fourth-order valence-electron chi connectivity index (χ4n) is 2.45. The van der Waals surface area contributed by atoms with E-state index in [0.29, 0.717) is 12.0 Å². The standard InChI is InChI=1S/C31H42O3/c1-25(17-11-19-27(3)21-13-23-29(5)30(32)34-8)15-9-10-16-26(2)18-12-20-28(4)22-14-24-31(6,7)33/h9-23,33H,24H2,1-8H3/b10-9+,17-11+,18-12+,21-13+,22-14+,25-15+,26-16+,27-19+,28-20+,29-23+. The maximum absolute atomic E-state index is 11.3. The van der Waals surface area contributed by atoms with Crippen LogP contribution < -0.4 is 0 Å². The normalized spacial score (nSPS) is 15.7. The fraction of sp³-hybridized carbons (Fsp3) is 0.323. The number of aliphatic hydroxyl groups is 1. The van der Waals surface area contributed by atoms with Crippen molar-refractivity contribution in [3.05, 3.63) is 119 Å². The van der Waals surface area contributed by atoms with Crippen LogP contribution in [0.5, 0.6) is 0 Å². The van der Waals surface area contributed by atoms with Crippen molar-refractivity contribution in [3.8, 4) is 0 Å². The Morgan fingerprint density at radius 1 is 0.676 bits per heavy atom. The average molecular weight is 463 g/mol. The molecule has 0 aliphatic rings. The highest BCUT2D eigenvalue weighted by Crippen LogP contribution is 2.09.